The summed E-state index contributed by atoms with van der Waals surface area (Å²) in [6.45, 7) is 5.56. The van der Waals surface area contributed by atoms with Gasteiger partial charge in [0, 0.05) is 0 Å². The Morgan fingerprint density at radius 1 is 1.64 bits per heavy atom. The van der Waals surface area contributed by atoms with Crippen LogP contribution in [0.15, 0.2) is 11.6 Å². The van der Waals surface area contributed by atoms with E-state index in [1.54, 1.807) is 0 Å². The van der Waals surface area contributed by atoms with E-state index < -0.39 is 5.41 Å². The molecule has 0 aliphatic carbocycles. The van der Waals surface area contributed by atoms with Gasteiger partial charge >= 0.3 is 0 Å². The van der Waals surface area contributed by atoms with Crippen molar-refractivity contribution in [2.75, 3.05) is 0 Å². The highest BCUT2D eigenvalue weighted by Crippen LogP contribution is 2.26. The van der Waals surface area contributed by atoms with Gasteiger partial charge < -0.3 is 0 Å². The third-order valence-electron chi connectivity index (χ3n) is 1.73. The Labute approximate surface area is 67.5 Å². The number of hydrogen-bond donors (Lipinski definition) is 0. The van der Waals surface area contributed by atoms with E-state index in [-0.39, 0.29) is 0 Å². The number of nitrogens with zero attached hydrogens (tertiary/aromatic N) is 1. The molecule has 0 heterocycles. The smallest absolute Gasteiger partial charge is 0.142 e. The monoisotopic (exact) mass is 151 g/mol. The normalized spacial score (nSPS) is 12.4. The van der Waals surface area contributed by atoms with Crippen molar-refractivity contribution in [3.8, 4) is 6.07 Å². The maximum Gasteiger partial charge on any atom is 0.142 e. The topological polar surface area (TPSA) is 40.9 Å². The third-order valence-corrected chi connectivity index (χ3v) is 1.73. The number of rotatable bonds is 3. The van der Waals surface area contributed by atoms with Crippen LogP contribution in [0.5, 0.6) is 0 Å². The Bertz CT molecular complexity index is 208. The fourth-order valence-corrected chi connectivity index (χ4v) is 0.922. The molecule has 0 saturated carbocycles. The van der Waals surface area contributed by atoms with Gasteiger partial charge in [-0.25, -0.2) is 0 Å². The van der Waals surface area contributed by atoms with E-state index in [2.05, 4.69) is 6.07 Å². The van der Waals surface area contributed by atoms with Crippen molar-refractivity contribution in [2.45, 2.75) is 27.2 Å². The molecule has 0 spiro atoms. The molecule has 11 heavy (non-hydrogen) atoms. The summed E-state index contributed by atoms with van der Waals surface area (Å²) in [5.41, 5.74) is 0.380. The molecule has 0 bridgehead atoms. The molecule has 2 heteroatoms. The van der Waals surface area contributed by atoms with Gasteiger partial charge in [0.2, 0.25) is 0 Å². The van der Waals surface area contributed by atoms with Crippen molar-refractivity contribution >= 4 is 6.29 Å². The Kier molecular flexibility index (Phi) is 3.53. The molecule has 0 N–H and O–H groups in total. The molecule has 0 aromatic carbocycles. The SMILES string of the molecule is CC/C(=C\C=O)C(C)(C)C#N. The summed E-state index contributed by atoms with van der Waals surface area (Å²) in [5, 5.41) is 8.72. The van der Waals surface area contributed by atoms with Gasteiger partial charge in [-0.15, -0.1) is 0 Å². The maximum absolute atomic E-state index is 10.2. The van der Waals surface area contributed by atoms with Crippen LogP contribution in [0.25, 0.3) is 0 Å². The number of aldehydes is 1. The standard InChI is InChI=1S/C9H13NO/c1-4-8(5-6-11)9(2,3)7-10/h5-6H,4H2,1-3H3/b8-5+. The van der Waals surface area contributed by atoms with Gasteiger partial charge in [0.15, 0.2) is 0 Å². The highest BCUT2D eigenvalue weighted by molar-refractivity contribution is 5.66. The first kappa shape index (κ1) is 9.90. The molecule has 0 rings (SSSR count). The lowest BCUT2D eigenvalue weighted by Gasteiger charge is -2.17. The van der Waals surface area contributed by atoms with Crippen LogP contribution in [-0.2, 0) is 4.79 Å². The Morgan fingerprint density at radius 2 is 2.18 bits per heavy atom. The van der Waals surface area contributed by atoms with E-state index in [4.69, 9.17) is 5.26 Å². The Hall–Kier alpha value is -1.10. The van der Waals surface area contributed by atoms with Crippen molar-refractivity contribution in [3.63, 3.8) is 0 Å². The van der Waals surface area contributed by atoms with Gasteiger partial charge in [-0.05, 0) is 31.9 Å². The van der Waals surface area contributed by atoms with Crippen molar-refractivity contribution in [2.24, 2.45) is 5.41 Å². The van der Waals surface area contributed by atoms with Crippen LogP contribution in [0.2, 0.25) is 0 Å². The van der Waals surface area contributed by atoms with E-state index >= 15 is 0 Å². The van der Waals surface area contributed by atoms with Gasteiger partial charge in [0.25, 0.3) is 0 Å². The molecule has 60 valence electrons. The molecule has 0 unspecified atom stereocenters. The minimum absolute atomic E-state index is 0.504. The molecule has 0 aromatic heterocycles. The molecule has 0 aliphatic heterocycles. The molecule has 0 aliphatic rings. The highest BCUT2D eigenvalue weighted by Gasteiger charge is 2.20. The molecular formula is C9H13NO. The summed E-state index contributed by atoms with van der Waals surface area (Å²) >= 11 is 0. The van der Waals surface area contributed by atoms with Crippen LogP contribution >= 0.6 is 0 Å². The van der Waals surface area contributed by atoms with Crippen molar-refractivity contribution in [1.82, 2.24) is 0 Å². The van der Waals surface area contributed by atoms with E-state index in [1.165, 1.54) is 6.08 Å². The summed E-state index contributed by atoms with van der Waals surface area (Å²) in [7, 11) is 0. The van der Waals surface area contributed by atoms with Crippen molar-refractivity contribution < 1.29 is 4.79 Å². The first-order valence-electron chi connectivity index (χ1n) is 3.64. The number of nitriles is 1. The zero-order valence-electron chi connectivity index (χ0n) is 7.22. The molecule has 0 fully saturated rings. The molecule has 0 radical (unpaired) electrons. The van der Waals surface area contributed by atoms with Gasteiger partial charge in [-0.1, -0.05) is 6.92 Å². The maximum atomic E-state index is 10.2. The number of carbonyl (C=O) groups excluding carboxylic acids is 1. The third kappa shape index (κ3) is 2.55. The highest BCUT2D eigenvalue weighted by atomic mass is 16.1. The quantitative estimate of drug-likeness (QED) is 0.457. The van der Waals surface area contributed by atoms with Gasteiger partial charge in [-0.3, -0.25) is 4.79 Å². The fraction of sp³-hybridized carbons (Fsp3) is 0.556. The predicted octanol–water partition coefficient (Wildman–Crippen LogP) is 2.07. The number of hydrogen-bond acceptors (Lipinski definition) is 2. The minimum atomic E-state index is -0.504. The van der Waals surface area contributed by atoms with Crippen LogP contribution in [0.3, 0.4) is 0 Å². The molecule has 2 nitrogen and oxygen atoms in total. The summed E-state index contributed by atoms with van der Waals surface area (Å²) in [6, 6.07) is 2.15. The van der Waals surface area contributed by atoms with E-state index in [0.29, 0.717) is 0 Å². The van der Waals surface area contributed by atoms with Crippen LogP contribution in [0.1, 0.15) is 27.2 Å². The Morgan fingerprint density at radius 3 is 2.45 bits per heavy atom. The summed E-state index contributed by atoms with van der Waals surface area (Å²) < 4.78 is 0. The van der Waals surface area contributed by atoms with Crippen LogP contribution in [-0.4, -0.2) is 6.29 Å². The summed E-state index contributed by atoms with van der Waals surface area (Å²) in [4.78, 5) is 10.2. The number of allylic oxidation sites excluding steroid dienone is 2. The molecular weight excluding hydrogens is 138 g/mol. The van der Waals surface area contributed by atoms with Crippen LogP contribution in [0, 0.1) is 16.7 Å². The first-order chi connectivity index (χ1) is 5.08. The van der Waals surface area contributed by atoms with E-state index in [0.717, 1.165) is 18.3 Å². The summed E-state index contributed by atoms with van der Waals surface area (Å²) in [6.07, 6.45) is 2.96. The van der Waals surface area contributed by atoms with Crippen molar-refractivity contribution in [3.05, 3.63) is 11.6 Å². The summed E-state index contributed by atoms with van der Waals surface area (Å²) in [5.74, 6) is 0. The minimum Gasteiger partial charge on any atom is -0.299 e. The van der Waals surface area contributed by atoms with Crippen LogP contribution < -0.4 is 0 Å². The van der Waals surface area contributed by atoms with E-state index in [1.807, 2.05) is 20.8 Å². The van der Waals surface area contributed by atoms with Crippen LogP contribution in [0.4, 0.5) is 0 Å². The van der Waals surface area contributed by atoms with Crippen molar-refractivity contribution in [1.29, 1.82) is 5.26 Å². The second kappa shape index (κ2) is 3.92. The largest absolute Gasteiger partial charge is 0.299 e. The molecule has 0 saturated heterocycles. The first-order valence-corrected chi connectivity index (χ1v) is 3.64. The van der Waals surface area contributed by atoms with Gasteiger partial charge in [0.1, 0.15) is 6.29 Å². The zero-order valence-corrected chi connectivity index (χ0v) is 7.22. The average Bonchev–Trinajstić information content (AvgIpc) is 2.00. The Balaban J connectivity index is 4.66. The lowest BCUT2D eigenvalue weighted by atomic mass is 9.84. The second-order valence-electron chi connectivity index (χ2n) is 2.92. The fourth-order valence-electron chi connectivity index (χ4n) is 0.922. The predicted molar refractivity (Wildman–Crippen MR) is 43.8 cm³/mol. The van der Waals surface area contributed by atoms with E-state index in [9.17, 15) is 4.79 Å². The lowest BCUT2D eigenvalue weighted by Crippen LogP contribution is -2.11. The van der Waals surface area contributed by atoms with Gasteiger partial charge in [-0.2, -0.15) is 5.26 Å². The van der Waals surface area contributed by atoms with Gasteiger partial charge in [0.05, 0.1) is 11.5 Å². The molecule has 0 atom stereocenters. The zero-order chi connectivity index (χ0) is 8.91. The molecule has 0 amide bonds. The lowest BCUT2D eigenvalue weighted by molar-refractivity contribution is -0.104. The average molecular weight is 151 g/mol. The molecule has 0 aromatic rings. The number of carbonyl (C=O) groups is 1. The second-order valence-corrected chi connectivity index (χ2v) is 2.92.